The summed E-state index contributed by atoms with van der Waals surface area (Å²) in [6, 6.07) is 8.07. The number of carbonyl (C=O) groups excluding carboxylic acids is 1. The molecule has 1 amide bonds. The molecule has 1 aromatic heterocycles. The van der Waals surface area contributed by atoms with Gasteiger partial charge in [-0.3, -0.25) is 4.79 Å². The standard InChI is InChI=1S/C20H27N5O3.ClH/c1-27-17-4-2-15(3-5-17)18-23-20(28-24-18)25-10-7-16(8-11-25)19(26)22-13-14-6-9-21-12-14;/h2-5,14,16,21H,6-13H2,1H3,(H,22,26);1H/t14-;/m0./s1. The summed E-state index contributed by atoms with van der Waals surface area (Å²) in [5, 5.41) is 10.5. The van der Waals surface area contributed by atoms with Gasteiger partial charge in [0.25, 0.3) is 0 Å². The van der Waals surface area contributed by atoms with Crippen molar-refractivity contribution in [3.63, 3.8) is 0 Å². The van der Waals surface area contributed by atoms with Crippen LogP contribution < -0.4 is 20.3 Å². The number of rotatable bonds is 6. The summed E-state index contributed by atoms with van der Waals surface area (Å²) in [6.45, 7) is 4.33. The monoisotopic (exact) mass is 421 g/mol. The molecule has 29 heavy (non-hydrogen) atoms. The molecule has 2 aliphatic heterocycles. The Kier molecular flexibility index (Phi) is 7.33. The Labute approximate surface area is 176 Å². The Morgan fingerprint density at radius 3 is 2.69 bits per heavy atom. The molecule has 158 valence electrons. The summed E-state index contributed by atoms with van der Waals surface area (Å²) in [5.74, 6) is 2.16. The van der Waals surface area contributed by atoms with Crippen LogP contribution in [-0.4, -0.2) is 55.9 Å². The first kappa shape index (κ1) is 21.4. The van der Waals surface area contributed by atoms with Gasteiger partial charge in [0.1, 0.15) is 5.75 Å². The van der Waals surface area contributed by atoms with Crippen molar-refractivity contribution in [2.24, 2.45) is 11.8 Å². The molecule has 0 aliphatic carbocycles. The van der Waals surface area contributed by atoms with E-state index >= 15 is 0 Å². The van der Waals surface area contributed by atoms with Gasteiger partial charge in [-0.15, -0.1) is 12.4 Å². The first-order valence-electron chi connectivity index (χ1n) is 9.94. The van der Waals surface area contributed by atoms with E-state index in [0.29, 0.717) is 17.8 Å². The van der Waals surface area contributed by atoms with Crippen molar-refractivity contribution in [1.82, 2.24) is 20.8 Å². The molecule has 8 nitrogen and oxygen atoms in total. The van der Waals surface area contributed by atoms with E-state index in [1.54, 1.807) is 7.11 Å². The number of piperidine rings is 1. The van der Waals surface area contributed by atoms with Crippen molar-refractivity contribution < 1.29 is 14.1 Å². The van der Waals surface area contributed by atoms with Gasteiger partial charge in [-0.05, 0) is 62.5 Å². The van der Waals surface area contributed by atoms with Gasteiger partial charge in [-0.25, -0.2) is 0 Å². The van der Waals surface area contributed by atoms with Crippen LogP contribution >= 0.6 is 12.4 Å². The van der Waals surface area contributed by atoms with Crippen LogP contribution in [0.5, 0.6) is 5.75 Å². The second kappa shape index (κ2) is 9.93. The van der Waals surface area contributed by atoms with Crippen molar-refractivity contribution in [3.8, 4) is 17.1 Å². The van der Waals surface area contributed by atoms with E-state index in [4.69, 9.17) is 9.26 Å². The Hall–Kier alpha value is -2.32. The number of carbonyl (C=O) groups is 1. The normalized spacial score (nSPS) is 19.6. The fourth-order valence-corrected chi connectivity index (χ4v) is 3.81. The molecule has 2 N–H and O–H groups in total. The van der Waals surface area contributed by atoms with Gasteiger partial charge in [0, 0.05) is 31.1 Å². The maximum atomic E-state index is 12.4. The highest BCUT2D eigenvalue weighted by molar-refractivity contribution is 5.85. The Morgan fingerprint density at radius 1 is 1.28 bits per heavy atom. The SMILES string of the molecule is COc1ccc(-c2noc(N3CCC(C(=O)NC[C@H]4CCNC4)CC3)n2)cc1.Cl. The minimum atomic E-state index is 0. The topological polar surface area (TPSA) is 92.5 Å². The smallest absolute Gasteiger partial charge is 0.324 e. The van der Waals surface area contributed by atoms with Crippen molar-refractivity contribution in [2.45, 2.75) is 19.3 Å². The molecule has 3 heterocycles. The summed E-state index contributed by atoms with van der Waals surface area (Å²) in [5.41, 5.74) is 0.881. The van der Waals surface area contributed by atoms with Crippen LogP contribution in [0.2, 0.25) is 0 Å². The highest BCUT2D eigenvalue weighted by Crippen LogP contribution is 2.26. The van der Waals surface area contributed by atoms with E-state index in [1.165, 1.54) is 0 Å². The third kappa shape index (κ3) is 5.19. The Morgan fingerprint density at radius 2 is 2.03 bits per heavy atom. The molecular weight excluding hydrogens is 394 g/mol. The van der Waals surface area contributed by atoms with Gasteiger partial charge in [0.2, 0.25) is 11.7 Å². The fraction of sp³-hybridized carbons (Fsp3) is 0.550. The number of ether oxygens (including phenoxy) is 1. The molecular formula is C20H28ClN5O3. The van der Waals surface area contributed by atoms with E-state index in [2.05, 4.69) is 25.7 Å². The number of aromatic nitrogens is 2. The van der Waals surface area contributed by atoms with E-state index in [-0.39, 0.29) is 24.2 Å². The van der Waals surface area contributed by atoms with Crippen LogP contribution in [-0.2, 0) is 4.79 Å². The van der Waals surface area contributed by atoms with E-state index < -0.39 is 0 Å². The van der Waals surface area contributed by atoms with E-state index in [9.17, 15) is 4.79 Å². The molecule has 9 heteroatoms. The van der Waals surface area contributed by atoms with Gasteiger partial charge in [-0.2, -0.15) is 4.98 Å². The summed E-state index contributed by atoms with van der Waals surface area (Å²) in [4.78, 5) is 19.0. The van der Waals surface area contributed by atoms with Gasteiger partial charge in [0.15, 0.2) is 0 Å². The zero-order valence-corrected chi connectivity index (χ0v) is 17.4. The molecule has 1 aromatic carbocycles. The molecule has 0 bridgehead atoms. The lowest BCUT2D eigenvalue weighted by Crippen LogP contribution is -2.42. The summed E-state index contributed by atoms with van der Waals surface area (Å²) < 4.78 is 10.6. The first-order chi connectivity index (χ1) is 13.7. The second-order valence-electron chi connectivity index (χ2n) is 7.49. The minimum Gasteiger partial charge on any atom is -0.497 e. The lowest BCUT2D eigenvalue weighted by molar-refractivity contribution is -0.125. The minimum absolute atomic E-state index is 0. The second-order valence-corrected chi connectivity index (χ2v) is 7.49. The van der Waals surface area contributed by atoms with Crippen molar-refractivity contribution in [2.75, 3.05) is 44.7 Å². The van der Waals surface area contributed by atoms with Crippen LogP contribution in [0.4, 0.5) is 6.01 Å². The summed E-state index contributed by atoms with van der Waals surface area (Å²) in [7, 11) is 1.64. The zero-order valence-electron chi connectivity index (χ0n) is 16.6. The number of methoxy groups -OCH3 is 1. The largest absolute Gasteiger partial charge is 0.497 e. The van der Waals surface area contributed by atoms with E-state index in [0.717, 1.165) is 63.3 Å². The maximum absolute atomic E-state index is 12.4. The van der Waals surface area contributed by atoms with Gasteiger partial charge < -0.3 is 24.8 Å². The molecule has 2 saturated heterocycles. The maximum Gasteiger partial charge on any atom is 0.324 e. The van der Waals surface area contributed by atoms with Gasteiger partial charge in [-0.1, -0.05) is 5.16 Å². The molecule has 0 radical (unpaired) electrons. The number of amides is 1. The van der Waals surface area contributed by atoms with Crippen LogP contribution in [0.25, 0.3) is 11.4 Å². The molecule has 0 unspecified atom stereocenters. The number of hydrogen-bond acceptors (Lipinski definition) is 7. The molecule has 2 aromatic rings. The third-order valence-corrected chi connectivity index (χ3v) is 5.63. The van der Waals surface area contributed by atoms with Gasteiger partial charge >= 0.3 is 6.01 Å². The average Bonchev–Trinajstić information content (AvgIpc) is 3.44. The number of halogens is 1. The quantitative estimate of drug-likeness (QED) is 0.737. The number of anilines is 1. The third-order valence-electron chi connectivity index (χ3n) is 5.63. The molecule has 0 spiro atoms. The summed E-state index contributed by atoms with van der Waals surface area (Å²) in [6.07, 6.45) is 2.75. The van der Waals surface area contributed by atoms with Crippen molar-refractivity contribution in [3.05, 3.63) is 24.3 Å². The number of nitrogens with one attached hydrogen (secondary N) is 2. The van der Waals surface area contributed by atoms with Crippen LogP contribution in [0.15, 0.2) is 28.8 Å². The molecule has 0 saturated carbocycles. The number of hydrogen-bond donors (Lipinski definition) is 2. The van der Waals surface area contributed by atoms with E-state index in [1.807, 2.05) is 24.3 Å². The van der Waals surface area contributed by atoms with Crippen molar-refractivity contribution in [1.29, 1.82) is 0 Å². The highest BCUT2D eigenvalue weighted by Gasteiger charge is 2.28. The lowest BCUT2D eigenvalue weighted by atomic mass is 9.96. The van der Waals surface area contributed by atoms with Gasteiger partial charge in [0.05, 0.1) is 7.11 Å². The van der Waals surface area contributed by atoms with Crippen LogP contribution in [0, 0.1) is 11.8 Å². The predicted octanol–water partition coefficient (Wildman–Crippen LogP) is 2.11. The van der Waals surface area contributed by atoms with Crippen LogP contribution in [0.3, 0.4) is 0 Å². The molecule has 2 aliphatic rings. The first-order valence-corrected chi connectivity index (χ1v) is 9.94. The predicted molar refractivity (Wildman–Crippen MR) is 112 cm³/mol. The fourth-order valence-electron chi connectivity index (χ4n) is 3.81. The molecule has 4 rings (SSSR count). The zero-order chi connectivity index (χ0) is 19.3. The Bertz CT molecular complexity index is 784. The number of nitrogens with zero attached hydrogens (tertiary/aromatic N) is 3. The summed E-state index contributed by atoms with van der Waals surface area (Å²) >= 11 is 0. The van der Waals surface area contributed by atoms with Crippen LogP contribution in [0.1, 0.15) is 19.3 Å². The molecule has 1 atom stereocenters. The molecule has 2 fully saturated rings. The van der Waals surface area contributed by atoms with Crippen molar-refractivity contribution >= 4 is 24.3 Å². The highest BCUT2D eigenvalue weighted by atomic mass is 35.5. The Balaban J connectivity index is 0.00000240. The lowest BCUT2D eigenvalue weighted by Gasteiger charge is -2.29. The number of benzene rings is 1. The average molecular weight is 422 g/mol.